The molecule has 0 radical (unpaired) electrons. The molecule has 0 atom stereocenters. The van der Waals surface area contributed by atoms with Gasteiger partial charge in [0.15, 0.2) is 12.4 Å². The summed E-state index contributed by atoms with van der Waals surface area (Å²) in [6.45, 7) is 7.59. The summed E-state index contributed by atoms with van der Waals surface area (Å²) in [5.41, 5.74) is 2.13. The number of ether oxygens (including phenoxy) is 1. The van der Waals surface area contributed by atoms with E-state index in [0.717, 1.165) is 35.5 Å². The molecule has 0 bridgehead atoms. The Bertz CT molecular complexity index is 686. The standard InChI is InChI=1S/C17H23N5O2/c1-12-8-13(2)10-14(9-12)24-11-15(23)22-6-4-17(3,5-7-22)16-18-20-21-19-16/h8-10H,4-7,11H2,1-3H3,(H,18,19,20,21). The number of carbonyl (C=O) groups excluding carboxylic acids is 1. The Balaban J connectivity index is 1.54. The van der Waals surface area contributed by atoms with Crippen LogP contribution in [0.25, 0.3) is 0 Å². The number of rotatable bonds is 4. The van der Waals surface area contributed by atoms with Crippen molar-refractivity contribution >= 4 is 5.91 Å². The average molecular weight is 329 g/mol. The zero-order valence-corrected chi connectivity index (χ0v) is 14.4. The maximum Gasteiger partial charge on any atom is 0.260 e. The van der Waals surface area contributed by atoms with Crippen LogP contribution in [0, 0.1) is 13.8 Å². The Labute approximate surface area is 141 Å². The number of piperidine rings is 1. The second kappa shape index (κ2) is 6.59. The van der Waals surface area contributed by atoms with Gasteiger partial charge in [-0.15, -0.1) is 10.2 Å². The van der Waals surface area contributed by atoms with E-state index >= 15 is 0 Å². The monoisotopic (exact) mass is 329 g/mol. The fraction of sp³-hybridized carbons (Fsp3) is 0.529. The van der Waals surface area contributed by atoms with Crippen molar-refractivity contribution in [2.45, 2.75) is 39.0 Å². The van der Waals surface area contributed by atoms with Crippen LogP contribution < -0.4 is 4.74 Å². The molecule has 1 aliphatic rings. The number of tetrazole rings is 1. The van der Waals surface area contributed by atoms with E-state index < -0.39 is 0 Å². The van der Waals surface area contributed by atoms with Crippen LogP contribution in [-0.2, 0) is 10.2 Å². The van der Waals surface area contributed by atoms with E-state index in [-0.39, 0.29) is 17.9 Å². The van der Waals surface area contributed by atoms with Crippen LogP contribution in [0.1, 0.15) is 36.7 Å². The van der Waals surface area contributed by atoms with Gasteiger partial charge in [-0.2, -0.15) is 5.21 Å². The number of aromatic nitrogens is 4. The molecular weight excluding hydrogens is 306 g/mol. The van der Waals surface area contributed by atoms with Gasteiger partial charge in [0, 0.05) is 18.5 Å². The molecule has 1 aromatic heterocycles. The van der Waals surface area contributed by atoms with E-state index in [0.29, 0.717) is 13.1 Å². The van der Waals surface area contributed by atoms with Crippen molar-refractivity contribution in [2.24, 2.45) is 0 Å². The number of hydrogen-bond donors (Lipinski definition) is 1. The lowest BCUT2D eigenvalue weighted by Gasteiger charge is -2.37. The first kappa shape index (κ1) is 16.4. The molecule has 1 aliphatic heterocycles. The first-order valence-electron chi connectivity index (χ1n) is 8.19. The highest BCUT2D eigenvalue weighted by Crippen LogP contribution is 2.32. The molecular formula is C17H23N5O2. The van der Waals surface area contributed by atoms with Crippen LogP contribution in [0.5, 0.6) is 5.75 Å². The minimum Gasteiger partial charge on any atom is -0.484 e. The van der Waals surface area contributed by atoms with Crippen LogP contribution >= 0.6 is 0 Å². The number of nitrogens with zero attached hydrogens (tertiary/aromatic N) is 4. The predicted octanol–water partition coefficient (Wildman–Crippen LogP) is 1.78. The second-order valence-corrected chi connectivity index (χ2v) is 6.79. The highest BCUT2D eigenvalue weighted by Gasteiger charge is 2.36. The van der Waals surface area contributed by atoms with Gasteiger partial charge in [0.05, 0.1) is 0 Å². The Morgan fingerprint density at radius 2 is 1.92 bits per heavy atom. The normalized spacial score (nSPS) is 16.9. The Morgan fingerprint density at radius 1 is 1.25 bits per heavy atom. The highest BCUT2D eigenvalue weighted by molar-refractivity contribution is 5.78. The minimum absolute atomic E-state index is 0.0179. The zero-order chi connectivity index (χ0) is 17.2. The lowest BCUT2D eigenvalue weighted by Crippen LogP contribution is -2.46. The van der Waals surface area contributed by atoms with Crippen molar-refractivity contribution in [1.29, 1.82) is 0 Å². The minimum atomic E-state index is -0.127. The van der Waals surface area contributed by atoms with Crippen molar-refractivity contribution in [2.75, 3.05) is 19.7 Å². The fourth-order valence-corrected chi connectivity index (χ4v) is 3.14. The van der Waals surface area contributed by atoms with Gasteiger partial charge in [-0.3, -0.25) is 4.79 Å². The number of H-pyrrole nitrogens is 1. The van der Waals surface area contributed by atoms with Crippen molar-refractivity contribution < 1.29 is 9.53 Å². The largest absolute Gasteiger partial charge is 0.484 e. The molecule has 2 heterocycles. The van der Waals surface area contributed by atoms with E-state index in [1.807, 2.05) is 30.9 Å². The first-order chi connectivity index (χ1) is 11.5. The molecule has 1 aromatic carbocycles. The third-order valence-electron chi connectivity index (χ3n) is 4.66. The molecule has 0 aliphatic carbocycles. The molecule has 2 aromatic rings. The summed E-state index contributed by atoms with van der Waals surface area (Å²) >= 11 is 0. The van der Waals surface area contributed by atoms with Crippen molar-refractivity contribution in [3.8, 4) is 5.75 Å². The summed E-state index contributed by atoms with van der Waals surface area (Å²) in [6.07, 6.45) is 1.64. The van der Waals surface area contributed by atoms with Crippen LogP contribution in [0.2, 0.25) is 0 Å². The molecule has 0 spiro atoms. The van der Waals surface area contributed by atoms with Crippen molar-refractivity contribution in [1.82, 2.24) is 25.5 Å². The molecule has 1 N–H and O–H groups in total. The Kier molecular flexibility index (Phi) is 4.51. The molecule has 1 saturated heterocycles. The van der Waals surface area contributed by atoms with Gasteiger partial charge in [-0.25, -0.2) is 0 Å². The average Bonchev–Trinajstić information content (AvgIpc) is 3.08. The Hall–Kier alpha value is -2.44. The maximum absolute atomic E-state index is 12.4. The smallest absolute Gasteiger partial charge is 0.260 e. The van der Waals surface area contributed by atoms with Gasteiger partial charge in [0.2, 0.25) is 0 Å². The molecule has 128 valence electrons. The van der Waals surface area contributed by atoms with Crippen molar-refractivity contribution in [3.05, 3.63) is 35.2 Å². The summed E-state index contributed by atoms with van der Waals surface area (Å²) in [5, 5.41) is 14.3. The summed E-state index contributed by atoms with van der Waals surface area (Å²) in [7, 11) is 0. The number of amides is 1. The second-order valence-electron chi connectivity index (χ2n) is 6.79. The number of hydrogen-bond acceptors (Lipinski definition) is 5. The quantitative estimate of drug-likeness (QED) is 0.924. The van der Waals surface area contributed by atoms with Gasteiger partial charge < -0.3 is 9.64 Å². The summed E-state index contributed by atoms with van der Waals surface area (Å²) < 4.78 is 5.68. The van der Waals surface area contributed by atoms with Gasteiger partial charge in [-0.05, 0) is 49.9 Å². The topological polar surface area (TPSA) is 84.0 Å². The van der Waals surface area contributed by atoms with E-state index in [4.69, 9.17) is 4.74 Å². The number of carbonyl (C=O) groups is 1. The zero-order valence-electron chi connectivity index (χ0n) is 14.4. The molecule has 1 fully saturated rings. The van der Waals surface area contributed by atoms with E-state index in [2.05, 4.69) is 33.6 Å². The van der Waals surface area contributed by atoms with Gasteiger partial charge in [0.1, 0.15) is 5.75 Å². The van der Waals surface area contributed by atoms with Gasteiger partial charge in [-0.1, -0.05) is 18.2 Å². The highest BCUT2D eigenvalue weighted by atomic mass is 16.5. The molecule has 7 nitrogen and oxygen atoms in total. The van der Waals surface area contributed by atoms with Gasteiger partial charge in [0.25, 0.3) is 5.91 Å². The molecule has 1 amide bonds. The lowest BCUT2D eigenvalue weighted by molar-refractivity contribution is -0.135. The third-order valence-corrected chi connectivity index (χ3v) is 4.66. The number of aryl methyl sites for hydroxylation is 2. The van der Waals surface area contributed by atoms with Crippen LogP contribution in [0.15, 0.2) is 18.2 Å². The summed E-state index contributed by atoms with van der Waals surface area (Å²) in [6, 6.07) is 5.98. The SMILES string of the molecule is Cc1cc(C)cc(OCC(=O)N2CCC(C)(c3nn[nH]n3)CC2)c1. The number of nitrogens with one attached hydrogen (secondary N) is 1. The number of aromatic amines is 1. The lowest BCUT2D eigenvalue weighted by atomic mass is 9.79. The fourth-order valence-electron chi connectivity index (χ4n) is 3.14. The van der Waals surface area contributed by atoms with E-state index in [1.165, 1.54) is 0 Å². The van der Waals surface area contributed by atoms with Crippen LogP contribution in [-0.4, -0.2) is 51.1 Å². The van der Waals surface area contributed by atoms with Crippen molar-refractivity contribution in [3.63, 3.8) is 0 Å². The molecule has 7 heteroatoms. The van der Waals surface area contributed by atoms with E-state index in [1.54, 1.807) is 0 Å². The molecule has 0 unspecified atom stereocenters. The van der Waals surface area contributed by atoms with E-state index in [9.17, 15) is 4.79 Å². The first-order valence-corrected chi connectivity index (χ1v) is 8.19. The molecule has 3 rings (SSSR count). The third kappa shape index (κ3) is 3.55. The summed E-state index contributed by atoms with van der Waals surface area (Å²) in [5.74, 6) is 1.49. The molecule has 24 heavy (non-hydrogen) atoms. The number of likely N-dealkylation sites (tertiary alicyclic amines) is 1. The van der Waals surface area contributed by atoms with Crippen LogP contribution in [0.4, 0.5) is 0 Å². The predicted molar refractivity (Wildman–Crippen MR) is 88.8 cm³/mol. The summed E-state index contributed by atoms with van der Waals surface area (Å²) in [4.78, 5) is 14.2. The van der Waals surface area contributed by atoms with Gasteiger partial charge >= 0.3 is 0 Å². The molecule has 0 saturated carbocycles. The van der Waals surface area contributed by atoms with Crippen LogP contribution in [0.3, 0.4) is 0 Å². The number of benzene rings is 1. The Morgan fingerprint density at radius 3 is 2.50 bits per heavy atom. The maximum atomic E-state index is 12.4.